The van der Waals surface area contributed by atoms with Crippen molar-refractivity contribution in [1.29, 1.82) is 0 Å². The van der Waals surface area contributed by atoms with Crippen LogP contribution in [0.15, 0.2) is 0 Å². The molecule has 0 aliphatic heterocycles. The minimum atomic E-state index is -0.0543. The Morgan fingerprint density at radius 3 is 2.69 bits per heavy atom. The second-order valence-corrected chi connectivity index (χ2v) is 3.35. The Hall–Kier alpha value is -0.610. The Kier molecular flexibility index (Phi) is 6.54. The van der Waals surface area contributed by atoms with Crippen LogP contribution in [0, 0.1) is 0 Å². The summed E-state index contributed by atoms with van der Waals surface area (Å²) in [5, 5.41) is 11.4. The Bertz CT molecular complexity index is 151. The van der Waals surface area contributed by atoms with E-state index in [1.165, 1.54) is 0 Å². The molecule has 1 amide bonds. The fourth-order valence-corrected chi connectivity index (χ4v) is 0.982. The summed E-state index contributed by atoms with van der Waals surface area (Å²) in [4.78, 5) is 11.2. The predicted octanol–water partition coefficient (Wildman–Crippen LogP) is 0.000900. The van der Waals surface area contributed by atoms with Crippen LogP contribution in [0.2, 0.25) is 0 Å². The van der Waals surface area contributed by atoms with Crippen LogP contribution in [0.5, 0.6) is 0 Å². The van der Waals surface area contributed by atoms with E-state index in [1.807, 2.05) is 13.8 Å². The van der Waals surface area contributed by atoms with Gasteiger partial charge in [0, 0.05) is 25.1 Å². The maximum atomic E-state index is 11.2. The van der Waals surface area contributed by atoms with Gasteiger partial charge in [-0.25, -0.2) is 0 Å². The van der Waals surface area contributed by atoms with E-state index < -0.39 is 0 Å². The van der Waals surface area contributed by atoms with Crippen molar-refractivity contribution in [1.82, 2.24) is 5.32 Å². The summed E-state index contributed by atoms with van der Waals surface area (Å²) in [6.45, 7) is 3.92. The van der Waals surface area contributed by atoms with Gasteiger partial charge in [-0.05, 0) is 19.8 Å². The van der Waals surface area contributed by atoms with Gasteiger partial charge in [0.15, 0.2) is 0 Å². The number of aliphatic hydroxyl groups is 1. The average Bonchev–Trinajstić information content (AvgIpc) is 2.04. The van der Waals surface area contributed by atoms with Crippen LogP contribution in [0.25, 0.3) is 0 Å². The molecule has 2 atom stereocenters. The van der Waals surface area contributed by atoms with Gasteiger partial charge in [-0.1, -0.05) is 6.92 Å². The molecule has 0 aromatic heterocycles. The van der Waals surface area contributed by atoms with Gasteiger partial charge >= 0.3 is 0 Å². The lowest BCUT2D eigenvalue weighted by atomic mass is 10.1. The molecule has 0 aromatic rings. The summed E-state index contributed by atoms with van der Waals surface area (Å²) in [5.74, 6) is -0.0321. The first-order valence-corrected chi connectivity index (χ1v) is 4.76. The zero-order chi connectivity index (χ0) is 10.3. The van der Waals surface area contributed by atoms with Gasteiger partial charge in [-0.2, -0.15) is 0 Å². The molecule has 0 fully saturated rings. The van der Waals surface area contributed by atoms with E-state index in [4.69, 9.17) is 10.8 Å². The summed E-state index contributed by atoms with van der Waals surface area (Å²) in [6, 6.07) is -0.0251. The fraction of sp³-hybridized carbons (Fsp3) is 0.889. The molecular formula is C9H20N2O2. The monoisotopic (exact) mass is 188 g/mol. The first-order valence-electron chi connectivity index (χ1n) is 4.76. The molecule has 2 unspecified atom stereocenters. The van der Waals surface area contributed by atoms with E-state index in [2.05, 4.69) is 5.32 Å². The maximum Gasteiger partial charge on any atom is 0.221 e. The van der Waals surface area contributed by atoms with Crippen LogP contribution in [-0.2, 0) is 4.79 Å². The second-order valence-electron chi connectivity index (χ2n) is 3.35. The SMILES string of the molecule is CCC(N)CC(=O)NC(C)CCO. The summed E-state index contributed by atoms with van der Waals surface area (Å²) < 4.78 is 0. The van der Waals surface area contributed by atoms with Gasteiger partial charge in [-0.3, -0.25) is 4.79 Å². The quantitative estimate of drug-likeness (QED) is 0.549. The number of aliphatic hydroxyl groups excluding tert-OH is 1. The molecule has 0 rings (SSSR count). The van der Waals surface area contributed by atoms with Crippen molar-refractivity contribution in [3.8, 4) is 0 Å². The lowest BCUT2D eigenvalue weighted by molar-refractivity contribution is -0.122. The van der Waals surface area contributed by atoms with Crippen molar-refractivity contribution in [2.75, 3.05) is 6.61 Å². The number of nitrogens with one attached hydrogen (secondary N) is 1. The van der Waals surface area contributed by atoms with Crippen LogP contribution in [-0.4, -0.2) is 29.7 Å². The average molecular weight is 188 g/mol. The number of amides is 1. The number of hydrogen-bond donors (Lipinski definition) is 3. The van der Waals surface area contributed by atoms with Crippen LogP contribution >= 0.6 is 0 Å². The Balaban J connectivity index is 3.61. The lowest BCUT2D eigenvalue weighted by Crippen LogP contribution is -2.37. The third-order valence-corrected chi connectivity index (χ3v) is 1.94. The highest BCUT2D eigenvalue weighted by Gasteiger charge is 2.09. The summed E-state index contributed by atoms with van der Waals surface area (Å²) in [5.41, 5.74) is 5.61. The molecule has 0 heterocycles. The molecule has 0 bridgehead atoms. The van der Waals surface area contributed by atoms with Crippen molar-refractivity contribution >= 4 is 5.91 Å². The number of carbonyl (C=O) groups is 1. The number of hydrogen-bond acceptors (Lipinski definition) is 3. The van der Waals surface area contributed by atoms with Gasteiger partial charge in [0.2, 0.25) is 5.91 Å². The van der Waals surface area contributed by atoms with Gasteiger partial charge in [0.05, 0.1) is 0 Å². The Morgan fingerprint density at radius 1 is 1.62 bits per heavy atom. The molecule has 4 heteroatoms. The van der Waals surface area contributed by atoms with E-state index in [-0.39, 0.29) is 24.6 Å². The first kappa shape index (κ1) is 12.4. The first-order chi connectivity index (χ1) is 6.10. The summed E-state index contributed by atoms with van der Waals surface area (Å²) in [6.07, 6.45) is 1.77. The molecule has 0 saturated heterocycles. The standard InChI is InChI=1S/C9H20N2O2/c1-3-8(10)6-9(13)11-7(2)4-5-12/h7-8,12H,3-6,10H2,1-2H3,(H,11,13). The highest BCUT2D eigenvalue weighted by Crippen LogP contribution is 1.95. The predicted molar refractivity (Wildman–Crippen MR) is 52.2 cm³/mol. The molecular weight excluding hydrogens is 168 g/mol. The molecule has 0 saturated carbocycles. The fourth-order valence-electron chi connectivity index (χ4n) is 0.982. The van der Waals surface area contributed by atoms with E-state index in [0.717, 1.165) is 6.42 Å². The molecule has 13 heavy (non-hydrogen) atoms. The number of nitrogens with two attached hydrogens (primary N) is 1. The van der Waals surface area contributed by atoms with Crippen LogP contribution in [0.3, 0.4) is 0 Å². The van der Waals surface area contributed by atoms with Crippen molar-refractivity contribution < 1.29 is 9.90 Å². The lowest BCUT2D eigenvalue weighted by Gasteiger charge is -2.14. The van der Waals surface area contributed by atoms with Crippen molar-refractivity contribution in [2.24, 2.45) is 5.73 Å². The second kappa shape index (κ2) is 6.86. The Labute approximate surface area is 79.5 Å². The molecule has 0 spiro atoms. The smallest absolute Gasteiger partial charge is 0.221 e. The van der Waals surface area contributed by atoms with Crippen molar-refractivity contribution in [2.45, 2.75) is 45.2 Å². The van der Waals surface area contributed by atoms with Crippen LogP contribution in [0.1, 0.15) is 33.1 Å². The molecule has 0 aromatic carbocycles. The molecule has 0 radical (unpaired) electrons. The zero-order valence-corrected chi connectivity index (χ0v) is 8.42. The molecule has 78 valence electrons. The molecule has 4 N–H and O–H groups in total. The van der Waals surface area contributed by atoms with E-state index in [1.54, 1.807) is 0 Å². The summed E-state index contributed by atoms with van der Waals surface area (Å²) >= 11 is 0. The van der Waals surface area contributed by atoms with Gasteiger partial charge in [0.25, 0.3) is 0 Å². The minimum Gasteiger partial charge on any atom is -0.396 e. The van der Waals surface area contributed by atoms with Crippen LogP contribution in [0.4, 0.5) is 0 Å². The number of carbonyl (C=O) groups excluding carboxylic acids is 1. The normalized spacial score (nSPS) is 15.1. The highest BCUT2D eigenvalue weighted by molar-refractivity contribution is 5.76. The van der Waals surface area contributed by atoms with Gasteiger partial charge < -0.3 is 16.2 Å². The summed E-state index contributed by atoms with van der Waals surface area (Å²) in [7, 11) is 0. The van der Waals surface area contributed by atoms with E-state index >= 15 is 0 Å². The third kappa shape index (κ3) is 6.54. The minimum absolute atomic E-state index is 0.0292. The highest BCUT2D eigenvalue weighted by atomic mass is 16.3. The molecule has 0 aliphatic rings. The molecule has 0 aliphatic carbocycles. The largest absolute Gasteiger partial charge is 0.396 e. The van der Waals surface area contributed by atoms with Crippen LogP contribution < -0.4 is 11.1 Å². The van der Waals surface area contributed by atoms with Gasteiger partial charge in [0.1, 0.15) is 0 Å². The van der Waals surface area contributed by atoms with Gasteiger partial charge in [-0.15, -0.1) is 0 Å². The topological polar surface area (TPSA) is 75.4 Å². The van der Waals surface area contributed by atoms with E-state index in [0.29, 0.717) is 12.8 Å². The third-order valence-electron chi connectivity index (χ3n) is 1.94. The molecule has 4 nitrogen and oxygen atoms in total. The Morgan fingerprint density at radius 2 is 2.23 bits per heavy atom. The van der Waals surface area contributed by atoms with Crippen molar-refractivity contribution in [3.05, 3.63) is 0 Å². The zero-order valence-electron chi connectivity index (χ0n) is 8.42. The van der Waals surface area contributed by atoms with E-state index in [9.17, 15) is 4.79 Å². The maximum absolute atomic E-state index is 11.2. The van der Waals surface area contributed by atoms with Crippen molar-refractivity contribution in [3.63, 3.8) is 0 Å². The number of rotatable bonds is 6.